The summed E-state index contributed by atoms with van der Waals surface area (Å²) in [7, 11) is 0. The highest BCUT2D eigenvalue weighted by Crippen LogP contribution is 2.17. The van der Waals surface area contributed by atoms with Crippen LogP contribution in [0.5, 0.6) is 11.5 Å². The van der Waals surface area contributed by atoms with Crippen molar-refractivity contribution in [2.75, 3.05) is 11.9 Å². The molecule has 0 aliphatic heterocycles. The van der Waals surface area contributed by atoms with Crippen LogP contribution in [0.2, 0.25) is 0 Å². The molecule has 0 aliphatic carbocycles. The number of aromatic nitrogens is 1. The van der Waals surface area contributed by atoms with Crippen LogP contribution in [-0.2, 0) is 11.4 Å². The van der Waals surface area contributed by atoms with Crippen molar-refractivity contribution < 1.29 is 14.3 Å². The molecular formula is C24H20N2O4. The summed E-state index contributed by atoms with van der Waals surface area (Å²) >= 11 is 0. The first-order valence-corrected chi connectivity index (χ1v) is 9.49. The SMILES string of the molecule is O=C(COc1ccccc1)Nc1ccc(OCc2cc(=O)c3ccccc3[nH]2)cc1. The first-order chi connectivity index (χ1) is 14.7. The molecule has 0 radical (unpaired) electrons. The third-order valence-corrected chi connectivity index (χ3v) is 4.44. The molecule has 4 aromatic rings. The van der Waals surface area contributed by atoms with Crippen LogP contribution in [-0.4, -0.2) is 17.5 Å². The molecule has 0 spiro atoms. The number of carbonyl (C=O) groups excluding carboxylic acids is 1. The van der Waals surface area contributed by atoms with Gasteiger partial charge in [-0.2, -0.15) is 0 Å². The molecule has 0 bridgehead atoms. The molecule has 0 atom stereocenters. The van der Waals surface area contributed by atoms with Gasteiger partial charge in [-0.25, -0.2) is 0 Å². The zero-order chi connectivity index (χ0) is 20.8. The fourth-order valence-corrected chi connectivity index (χ4v) is 2.99. The molecule has 6 heteroatoms. The van der Waals surface area contributed by atoms with Crippen molar-refractivity contribution in [2.45, 2.75) is 6.61 Å². The first kappa shape index (κ1) is 19.3. The summed E-state index contributed by atoms with van der Waals surface area (Å²) in [5.41, 5.74) is 2.07. The number of hydrogen-bond acceptors (Lipinski definition) is 4. The molecule has 0 aliphatic rings. The van der Waals surface area contributed by atoms with Crippen molar-refractivity contribution in [3.8, 4) is 11.5 Å². The van der Waals surface area contributed by atoms with Crippen molar-refractivity contribution in [1.29, 1.82) is 0 Å². The maximum atomic E-state index is 12.2. The number of nitrogens with one attached hydrogen (secondary N) is 2. The van der Waals surface area contributed by atoms with Gasteiger partial charge in [-0.3, -0.25) is 9.59 Å². The fourth-order valence-electron chi connectivity index (χ4n) is 2.99. The van der Waals surface area contributed by atoms with E-state index in [1.165, 1.54) is 0 Å². The highest BCUT2D eigenvalue weighted by molar-refractivity contribution is 5.91. The Kier molecular flexibility index (Phi) is 5.75. The lowest BCUT2D eigenvalue weighted by atomic mass is 10.2. The average molecular weight is 400 g/mol. The van der Waals surface area contributed by atoms with Gasteiger partial charge in [0, 0.05) is 22.7 Å². The minimum absolute atomic E-state index is 0.0428. The van der Waals surface area contributed by atoms with Crippen molar-refractivity contribution in [3.63, 3.8) is 0 Å². The number of amides is 1. The number of rotatable bonds is 7. The van der Waals surface area contributed by atoms with E-state index in [2.05, 4.69) is 10.3 Å². The average Bonchev–Trinajstić information content (AvgIpc) is 2.78. The van der Waals surface area contributed by atoms with Crippen molar-refractivity contribution in [3.05, 3.63) is 101 Å². The molecule has 0 unspecified atom stereocenters. The number of anilines is 1. The summed E-state index contributed by atoms with van der Waals surface area (Å²) in [5, 5.41) is 3.42. The summed E-state index contributed by atoms with van der Waals surface area (Å²) in [6.45, 7) is 0.161. The van der Waals surface area contributed by atoms with Crippen LogP contribution in [0.25, 0.3) is 10.9 Å². The zero-order valence-electron chi connectivity index (χ0n) is 16.1. The predicted molar refractivity (Wildman–Crippen MR) is 116 cm³/mol. The fraction of sp³-hybridized carbons (Fsp3) is 0.0833. The second kappa shape index (κ2) is 8.96. The molecule has 0 saturated carbocycles. The molecule has 30 heavy (non-hydrogen) atoms. The summed E-state index contributed by atoms with van der Waals surface area (Å²) in [6, 6.07) is 25.1. The van der Waals surface area contributed by atoms with Gasteiger partial charge in [0.2, 0.25) is 0 Å². The van der Waals surface area contributed by atoms with Gasteiger partial charge >= 0.3 is 0 Å². The Morgan fingerprint density at radius 2 is 1.53 bits per heavy atom. The van der Waals surface area contributed by atoms with E-state index in [0.717, 1.165) is 5.52 Å². The minimum atomic E-state index is -0.249. The molecule has 1 aromatic heterocycles. The number of ether oxygens (including phenoxy) is 2. The van der Waals surface area contributed by atoms with Crippen LogP contribution in [0.3, 0.4) is 0 Å². The standard InChI is InChI=1S/C24H20N2O4/c27-23-14-18(25-22-9-5-4-8-21(22)23)15-29-20-12-10-17(11-13-20)26-24(28)16-30-19-6-2-1-3-7-19/h1-14H,15-16H2,(H,25,27)(H,26,28). The molecule has 150 valence electrons. The Bertz CT molecular complexity index is 1200. The van der Waals surface area contributed by atoms with Crippen molar-refractivity contribution >= 4 is 22.5 Å². The molecule has 2 N–H and O–H groups in total. The Morgan fingerprint density at radius 3 is 2.33 bits per heavy atom. The minimum Gasteiger partial charge on any atom is -0.487 e. The second-order valence-electron chi connectivity index (χ2n) is 6.67. The van der Waals surface area contributed by atoms with E-state index in [9.17, 15) is 9.59 Å². The smallest absolute Gasteiger partial charge is 0.262 e. The van der Waals surface area contributed by atoms with Crippen molar-refractivity contribution in [1.82, 2.24) is 4.98 Å². The van der Waals surface area contributed by atoms with Gasteiger partial charge < -0.3 is 19.8 Å². The normalized spacial score (nSPS) is 10.5. The number of para-hydroxylation sites is 2. The molecule has 3 aromatic carbocycles. The third kappa shape index (κ3) is 4.86. The van der Waals surface area contributed by atoms with Gasteiger partial charge in [-0.15, -0.1) is 0 Å². The quantitative estimate of drug-likeness (QED) is 0.489. The van der Waals surface area contributed by atoms with Crippen LogP contribution >= 0.6 is 0 Å². The van der Waals surface area contributed by atoms with Crippen LogP contribution in [0, 0.1) is 0 Å². The van der Waals surface area contributed by atoms with Gasteiger partial charge in [-0.05, 0) is 48.5 Å². The van der Waals surface area contributed by atoms with E-state index < -0.39 is 0 Å². The topological polar surface area (TPSA) is 80.4 Å². The molecule has 0 fully saturated rings. The number of benzene rings is 3. The number of aromatic amines is 1. The first-order valence-electron chi connectivity index (χ1n) is 9.49. The van der Waals surface area contributed by atoms with Crippen molar-refractivity contribution in [2.24, 2.45) is 0 Å². The Labute approximate surface area is 173 Å². The van der Waals surface area contributed by atoms with Gasteiger partial charge in [-0.1, -0.05) is 30.3 Å². The maximum Gasteiger partial charge on any atom is 0.262 e. The predicted octanol–water partition coefficient (Wildman–Crippen LogP) is 4.12. The number of carbonyl (C=O) groups is 1. The zero-order valence-corrected chi connectivity index (χ0v) is 16.1. The summed E-state index contributed by atoms with van der Waals surface area (Å²) in [5.74, 6) is 1.02. The van der Waals surface area contributed by atoms with Gasteiger partial charge in [0.1, 0.15) is 18.1 Å². The lowest BCUT2D eigenvalue weighted by Crippen LogP contribution is -2.20. The Balaban J connectivity index is 1.31. The number of pyridine rings is 1. The molecule has 6 nitrogen and oxygen atoms in total. The highest BCUT2D eigenvalue weighted by Gasteiger charge is 2.05. The molecule has 1 heterocycles. The monoisotopic (exact) mass is 400 g/mol. The summed E-state index contributed by atoms with van der Waals surface area (Å²) < 4.78 is 11.2. The number of H-pyrrole nitrogens is 1. The highest BCUT2D eigenvalue weighted by atomic mass is 16.5. The van der Waals surface area contributed by atoms with Crippen LogP contribution < -0.4 is 20.2 Å². The van der Waals surface area contributed by atoms with Crippen LogP contribution in [0.4, 0.5) is 5.69 Å². The van der Waals surface area contributed by atoms with E-state index in [1.807, 2.05) is 36.4 Å². The largest absolute Gasteiger partial charge is 0.487 e. The van der Waals surface area contributed by atoms with E-state index in [0.29, 0.717) is 28.3 Å². The van der Waals surface area contributed by atoms with E-state index in [-0.39, 0.29) is 24.5 Å². The van der Waals surface area contributed by atoms with E-state index in [1.54, 1.807) is 48.5 Å². The number of hydrogen-bond donors (Lipinski definition) is 2. The maximum absolute atomic E-state index is 12.2. The molecular weight excluding hydrogens is 380 g/mol. The Morgan fingerprint density at radius 1 is 0.833 bits per heavy atom. The second-order valence-corrected chi connectivity index (χ2v) is 6.67. The lowest BCUT2D eigenvalue weighted by molar-refractivity contribution is -0.118. The van der Waals surface area contributed by atoms with Gasteiger partial charge in [0.05, 0.1) is 5.69 Å². The van der Waals surface area contributed by atoms with E-state index in [4.69, 9.17) is 9.47 Å². The van der Waals surface area contributed by atoms with Crippen LogP contribution in [0.15, 0.2) is 89.7 Å². The third-order valence-electron chi connectivity index (χ3n) is 4.44. The molecule has 1 amide bonds. The van der Waals surface area contributed by atoms with Crippen LogP contribution in [0.1, 0.15) is 5.69 Å². The summed E-state index contributed by atoms with van der Waals surface area (Å²) in [6.07, 6.45) is 0. The van der Waals surface area contributed by atoms with Gasteiger partial charge in [0.15, 0.2) is 12.0 Å². The number of fused-ring (bicyclic) bond motifs is 1. The summed E-state index contributed by atoms with van der Waals surface area (Å²) in [4.78, 5) is 27.4. The molecule has 4 rings (SSSR count). The van der Waals surface area contributed by atoms with E-state index >= 15 is 0 Å². The van der Waals surface area contributed by atoms with Gasteiger partial charge in [0.25, 0.3) is 5.91 Å². The lowest BCUT2D eigenvalue weighted by Gasteiger charge is -2.10. The molecule has 0 saturated heterocycles. The Hall–Kier alpha value is -4.06.